The van der Waals surface area contributed by atoms with Crippen LogP contribution >= 0.6 is 11.6 Å². The number of anilines is 1. The van der Waals surface area contributed by atoms with E-state index in [0.29, 0.717) is 0 Å². The number of halogens is 1. The molecule has 1 saturated carbocycles. The van der Waals surface area contributed by atoms with E-state index in [0.717, 1.165) is 29.1 Å². The maximum Gasteiger partial charge on any atom is 0.0477 e. The van der Waals surface area contributed by atoms with Gasteiger partial charge in [-0.25, -0.2) is 0 Å². The second-order valence-corrected chi connectivity index (χ2v) is 4.95. The fourth-order valence-corrected chi connectivity index (χ4v) is 2.54. The van der Waals surface area contributed by atoms with E-state index < -0.39 is 0 Å². The Hall–Kier alpha value is -0.730. The molecule has 1 aliphatic carbocycles. The van der Waals surface area contributed by atoms with Crippen LogP contribution in [0.3, 0.4) is 0 Å². The molecule has 2 N–H and O–H groups in total. The Kier molecular flexibility index (Phi) is 2.65. The molecule has 2 rings (SSSR count). The van der Waals surface area contributed by atoms with E-state index in [9.17, 15) is 0 Å². The zero-order valence-corrected chi connectivity index (χ0v) is 10.0. The summed E-state index contributed by atoms with van der Waals surface area (Å²) in [5.41, 5.74) is 8.41. The van der Waals surface area contributed by atoms with Crippen molar-refractivity contribution in [2.45, 2.75) is 24.8 Å². The number of hydrogen-bond donors (Lipinski definition) is 1. The number of rotatable bonds is 2. The summed E-state index contributed by atoms with van der Waals surface area (Å²) in [7, 11) is 4.05. The molecule has 1 aliphatic rings. The summed E-state index contributed by atoms with van der Waals surface area (Å²) < 4.78 is 0. The number of nitrogens with two attached hydrogens (primary N) is 1. The molecule has 82 valence electrons. The molecule has 1 aromatic rings. The molecule has 0 aliphatic heterocycles. The minimum Gasteiger partial charge on any atom is -0.377 e. The highest BCUT2D eigenvalue weighted by atomic mass is 35.5. The van der Waals surface area contributed by atoms with Crippen molar-refractivity contribution in [3.8, 4) is 0 Å². The average molecular weight is 225 g/mol. The standard InChI is InChI=1S/C12H17ClN2/c1-15(2)10-6-3-5-9(13)11(10)12(14)7-4-8-12/h3,5-6H,4,7-8,14H2,1-2H3. The van der Waals surface area contributed by atoms with Gasteiger partial charge in [-0.2, -0.15) is 0 Å². The van der Waals surface area contributed by atoms with E-state index in [2.05, 4.69) is 11.0 Å². The van der Waals surface area contributed by atoms with Gasteiger partial charge < -0.3 is 10.6 Å². The molecule has 2 nitrogen and oxygen atoms in total. The fourth-order valence-electron chi connectivity index (χ4n) is 2.19. The van der Waals surface area contributed by atoms with Crippen molar-refractivity contribution < 1.29 is 0 Å². The molecule has 0 bridgehead atoms. The van der Waals surface area contributed by atoms with Crippen LogP contribution in [0.1, 0.15) is 24.8 Å². The van der Waals surface area contributed by atoms with E-state index in [1.165, 1.54) is 6.42 Å². The molecule has 0 unspecified atom stereocenters. The Morgan fingerprint density at radius 3 is 2.47 bits per heavy atom. The molecule has 1 fully saturated rings. The summed E-state index contributed by atoms with van der Waals surface area (Å²) in [5, 5.41) is 0.795. The molecule has 0 aromatic heterocycles. The maximum absolute atomic E-state index is 6.35. The van der Waals surface area contributed by atoms with Crippen LogP contribution in [0.15, 0.2) is 18.2 Å². The second kappa shape index (κ2) is 3.69. The van der Waals surface area contributed by atoms with Crippen LogP contribution in [0, 0.1) is 0 Å². The van der Waals surface area contributed by atoms with Gasteiger partial charge >= 0.3 is 0 Å². The molecule has 0 radical (unpaired) electrons. The van der Waals surface area contributed by atoms with E-state index >= 15 is 0 Å². The Balaban J connectivity index is 2.52. The first kappa shape index (κ1) is 10.8. The minimum atomic E-state index is -0.196. The normalized spacial score (nSPS) is 18.4. The zero-order valence-electron chi connectivity index (χ0n) is 9.26. The van der Waals surface area contributed by atoms with Crippen molar-refractivity contribution in [2.75, 3.05) is 19.0 Å². The molecular weight excluding hydrogens is 208 g/mol. The third kappa shape index (κ3) is 1.72. The monoisotopic (exact) mass is 224 g/mol. The predicted octanol–water partition coefficient (Wildman–Crippen LogP) is 2.74. The van der Waals surface area contributed by atoms with Gasteiger partial charge in [0.15, 0.2) is 0 Å². The number of benzene rings is 1. The number of hydrogen-bond acceptors (Lipinski definition) is 2. The van der Waals surface area contributed by atoms with Gasteiger partial charge in [0.2, 0.25) is 0 Å². The second-order valence-electron chi connectivity index (χ2n) is 4.54. The van der Waals surface area contributed by atoms with E-state index in [4.69, 9.17) is 17.3 Å². The van der Waals surface area contributed by atoms with Crippen molar-refractivity contribution in [1.29, 1.82) is 0 Å². The molecule has 0 atom stereocenters. The summed E-state index contributed by atoms with van der Waals surface area (Å²) in [5.74, 6) is 0. The lowest BCUT2D eigenvalue weighted by Gasteiger charge is -2.41. The summed E-state index contributed by atoms with van der Waals surface area (Å²) in [4.78, 5) is 2.08. The third-order valence-corrected chi connectivity index (χ3v) is 3.53. The van der Waals surface area contributed by atoms with E-state index in [-0.39, 0.29) is 5.54 Å². The first-order chi connectivity index (χ1) is 7.04. The quantitative estimate of drug-likeness (QED) is 0.837. The molecule has 0 heterocycles. The highest BCUT2D eigenvalue weighted by molar-refractivity contribution is 6.32. The third-order valence-electron chi connectivity index (χ3n) is 3.22. The van der Waals surface area contributed by atoms with Gasteiger partial charge in [-0.05, 0) is 31.4 Å². The first-order valence-electron chi connectivity index (χ1n) is 5.30. The van der Waals surface area contributed by atoms with E-state index in [1.807, 2.05) is 26.2 Å². The SMILES string of the molecule is CN(C)c1cccc(Cl)c1C1(N)CCC1. The van der Waals surface area contributed by atoms with Crippen LogP contribution in [-0.2, 0) is 5.54 Å². The predicted molar refractivity (Wildman–Crippen MR) is 65.5 cm³/mol. The summed E-state index contributed by atoms with van der Waals surface area (Å²) in [6, 6.07) is 5.98. The summed E-state index contributed by atoms with van der Waals surface area (Å²) in [6.07, 6.45) is 3.28. The molecule has 1 aromatic carbocycles. The van der Waals surface area contributed by atoms with Crippen molar-refractivity contribution >= 4 is 17.3 Å². The highest BCUT2D eigenvalue weighted by Crippen LogP contribution is 2.45. The number of nitrogens with zero attached hydrogens (tertiary/aromatic N) is 1. The van der Waals surface area contributed by atoms with Crippen LogP contribution in [0.5, 0.6) is 0 Å². The lowest BCUT2D eigenvalue weighted by molar-refractivity contribution is 0.254. The van der Waals surface area contributed by atoms with Crippen molar-refractivity contribution in [2.24, 2.45) is 5.73 Å². The topological polar surface area (TPSA) is 29.3 Å². The van der Waals surface area contributed by atoms with Crippen molar-refractivity contribution in [3.63, 3.8) is 0 Å². The molecule has 0 spiro atoms. The fraction of sp³-hybridized carbons (Fsp3) is 0.500. The Morgan fingerprint density at radius 2 is 2.00 bits per heavy atom. The average Bonchev–Trinajstić information content (AvgIpc) is 2.14. The summed E-state index contributed by atoms with van der Waals surface area (Å²) in [6.45, 7) is 0. The maximum atomic E-state index is 6.35. The van der Waals surface area contributed by atoms with Gasteiger partial charge in [-0.1, -0.05) is 17.7 Å². The first-order valence-corrected chi connectivity index (χ1v) is 5.67. The van der Waals surface area contributed by atoms with Crippen molar-refractivity contribution in [3.05, 3.63) is 28.8 Å². The molecular formula is C12H17ClN2. The Morgan fingerprint density at radius 1 is 1.33 bits per heavy atom. The van der Waals surface area contributed by atoms with Gasteiger partial charge in [0.1, 0.15) is 0 Å². The molecule has 0 amide bonds. The van der Waals surface area contributed by atoms with Gasteiger partial charge in [0.25, 0.3) is 0 Å². The highest BCUT2D eigenvalue weighted by Gasteiger charge is 2.38. The van der Waals surface area contributed by atoms with Gasteiger partial charge in [0.05, 0.1) is 0 Å². The summed E-state index contributed by atoms with van der Waals surface area (Å²) >= 11 is 6.26. The Bertz CT molecular complexity index is 370. The van der Waals surface area contributed by atoms with Crippen LogP contribution in [0.2, 0.25) is 5.02 Å². The smallest absolute Gasteiger partial charge is 0.0477 e. The molecule has 15 heavy (non-hydrogen) atoms. The van der Waals surface area contributed by atoms with Crippen molar-refractivity contribution in [1.82, 2.24) is 0 Å². The largest absolute Gasteiger partial charge is 0.377 e. The van der Waals surface area contributed by atoms with Gasteiger partial charge in [0, 0.05) is 35.9 Å². The molecule has 3 heteroatoms. The van der Waals surface area contributed by atoms with E-state index in [1.54, 1.807) is 0 Å². The van der Waals surface area contributed by atoms with Gasteiger partial charge in [-0.3, -0.25) is 0 Å². The Labute approximate surface area is 96.0 Å². The zero-order chi connectivity index (χ0) is 11.1. The van der Waals surface area contributed by atoms with Crippen LogP contribution in [-0.4, -0.2) is 14.1 Å². The molecule has 0 saturated heterocycles. The van der Waals surface area contributed by atoms with Crippen LogP contribution in [0.25, 0.3) is 0 Å². The van der Waals surface area contributed by atoms with Gasteiger partial charge in [-0.15, -0.1) is 0 Å². The van der Waals surface area contributed by atoms with Crippen LogP contribution in [0.4, 0.5) is 5.69 Å². The lowest BCUT2D eigenvalue weighted by Crippen LogP contribution is -2.44. The minimum absolute atomic E-state index is 0.196. The van der Waals surface area contributed by atoms with Crippen LogP contribution < -0.4 is 10.6 Å². The lowest BCUT2D eigenvalue weighted by atomic mass is 9.72.